The van der Waals surface area contributed by atoms with Crippen molar-refractivity contribution in [1.29, 1.82) is 0 Å². The fraction of sp³-hybridized carbons (Fsp3) is 1.00. The number of halogens is 13. The van der Waals surface area contributed by atoms with E-state index in [1.807, 2.05) is 0 Å². The Bertz CT molecular complexity index is 591. The van der Waals surface area contributed by atoms with Gasteiger partial charge in [-0.3, -0.25) is 4.55 Å². The molecule has 0 aromatic heterocycles. The fourth-order valence-corrected chi connectivity index (χ4v) is 1.68. The Balaban J connectivity index is 6.12. The lowest BCUT2D eigenvalue weighted by atomic mass is 9.95. The van der Waals surface area contributed by atoms with Gasteiger partial charge in [-0.25, -0.2) is 0 Å². The summed E-state index contributed by atoms with van der Waals surface area (Å²) < 4.78 is 192. The lowest BCUT2D eigenvalue weighted by Gasteiger charge is -2.38. The van der Waals surface area contributed by atoms with Crippen LogP contribution in [0.1, 0.15) is 12.8 Å². The summed E-state index contributed by atoms with van der Waals surface area (Å²) >= 11 is 0. The van der Waals surface area contributed by atoms with E-state index in [1.54, 1.807) is 0 Å². The summed E-state index contributed by atoms with van der Waals surface area (Å²) in [5.74, 6) is -29.9. The van der Waals surface area contributed by atoms with Crippen LogP contribution in [0, 0.1) is 0 Å². The van der Waals surface area contributed by atoms with Gasteiger partial charge in [-0.15, -0.1) is 0 Å². The first-order valence-corrected chi connectivity index (χ1v) is 6.82. The molecular weight excluding hydrogens is 423 g/mol. The number of hydrogen-bond acceptors (Lipinski definition) is 2. The number of alkyl halides is 13. The van der Waals surface area contributed by atoms with Crippen molar-refractivity contribution in [3.8, 4) is 0 Å². The molecule has 25 heavy (non-hydrogen) atoms. The lowest BCUT2D eigenvalue weighted by molar-refractivity contribution is -0.391. The molecule has 0 saturated carbocycles. The van der Waals surface area contributed by atoms with Crippen LogP contribution in [-0.2, 0) is 10.1 Å². The van der Waals surface area contributed by atoms with Crippen LogP contribution in [0.2, 0.25) is 0 Å². The Morgan fingerprint density at radius 1 is 0.600 bits per heavy atom. The van der Waals surface area contributed by atoms with Crippen LogP contribution in [0.4, 0.5) is 57.1 Å². The Kier molecular flexibility index (Phi) is 5.78. The van der Waals surface area contributed by atoms with E-state index in [2.05, 4.69) is 0 Å². The molecule has 0 radical (unpaired) electrons. The summed E-state index contributed by atoms with van der Waals surface area (Å²) in [5.41, 5.74) is 0. The molecule has 0 aromatic carbocycles. The van der Waals surface area contributed by atoms with Gasteiger partial charge in [0.15, 0.2) is 0 Å². The van der Waals surface area contributed by atoms with E-state index in [1.165, 1.54) is 0 Å². The second-order valence-corrected chi connectivity index (χ2v) is 6.00. The molecule has 0 aliphatic heterocycles. The van der Waals surface area contributed by atoms with Crippen LogP contribution in [0.25, 0.3) is 0 Å². The molecule has 0 aliphatic rings. The van der Waals surface area contributed by atoms with Gasteiger partial charge < -0.3 is 0 Å². The first-order chi connectivity index (χ1) is 10.5. The average Bonchev–Trinajstić information content (AvgIpc) is 2.33. The average molecular weight is 428 g/mol. The maximum atomic E-state index is 13.0. The number of rotatable bonds is 7. The highest BCUT2D eigenvalue weighted by Crippen LogP contribution is 2.59. The van der Waals surface area contributed by atoms with E-state index in [0.29, 0.717) is 0 Å². The fourth-order valence-electron chi connectivity index (χ4n) is 1.23. The molecule has 0 atom stereocenters. The third-order valence-electron chi connectivity index (χ3n) is 2.66. The SMILES string of the molecule is O=S(=O)(O)C(F)(F)C(F)(F)C(F)(F)C(F)(F)C(F)(F)CCC(F)(F)F. The molecule has 17 heteroatoms. The monoisotopic (exact) mass is 428 g/mol. The third-order valence-corrected chi connectivity index (χ3v) is 3.56. The molecule has 1 N–H and O–H groups in total. The quantitative estimate of drug-likeness (QED) is 0.485. The minimum Gasteiger partial charge on any atom is -0.281 e. The smallest absolute Gasteiger partial charge is 0.281 e. The summed E-state index contributed by atoms with van der Waals surface area (Å²) in [6.45, 7) is 0. The maximum absolute atomic E-state index is 13.0. The standard InChI is InChI=1S/C8H5F13O3S/c9-3(10,1-2-4(11,12)13)5(14,15)6(16,17)7(18,19)8(20,21)25(22,23)24/h1-2H2,(H,22,23,24). The molecule has 0 aromatic rings. The normalized spacial score (nSPS) is 16.2. The highest BCUT2D eigenvalue weighted by Gasteiger charge is 2.88. The molecule has 0 saturated heterocycles. The molecule has 0 bridgehead atoms. The zero-order valence-electron chi connectivity index (χ0n) is 11.0. The van der Waals surface area contributed by atoms with E-state index in [4.69, 9.17) is 4.55 Å². The molecule has 0 rings (SSSR count). The zero-order valence-corrected chi connectivity index (χ0v) is 11.8. The molecule has 0 heterocycles. The topological polar surface area (TPSA) is 54.4 Å². The van der Waals surface area contributed by atoms with E-state index in [9.17, 15) is 65.5 Å². The Labute approximate surface area is 129 Å². The predicted molar refractivity (Wildman–Crippen MR) is 51.6 cm³/mol. The van der Waals surface area contributed by atoms with Crippen LogP contribution in [0.3, 0.4) is 0 Å². The van der Waals surface area contributed by atoms with Crippen LogP contribution in [0.5, 0.6) is 0 Å². The first kappa shape index (κ1) is 24.0. The Hall–Kier alpha value is -1.00. The van der Waals surface area contributed by atoms with E-state index in [0.717, 1.165) is 0 Å². The Morgan fingerprint density at radius 2 is 0.960 bits per heavy atom. The van der Waals surface area contributed by atoms with E-state index >= 15 is 0 Å². The van der Waals surface area contributed by atoms with Gasteiger partial charge in [0, 0.05) is 12.8 Å². The van der Waals surface area contributed by atoms with Crippen LogP contribution >= 0.6 is 0 Å². The van der Waals surface area contributed by atoms with Gasteiger partial charge in [-0.1, -0.05) is 0 Å². The lowest BCUT2D eigenvalue weighted by Crippen LogP contribution is -2.68. The van der Waals surface area contributed by atoms with Gasteiger partial charge in [0.25, 0.3) is 0 Å². The summed E-state index contributed by atoms with van der Waals surface area (Å²) in [6.07, 6.45) is -11.7. The van der Waals surface area contributed by atoms with Gasteiger partial charge in [-0.2, -0.15) is 65.5 Å². The van der Waals surface area contributed by atoms with Gasteiger partial charge >= 0.3 is 45.2 Å². The van der Waals surface area contributed by atoms with Crippen LogP contribution in [0.15, 0.2) is 0 Å². The maximum Gasteiger partial charge on any atom is 0.438 e. The molecule has 3 nitrogen and oxygen atoms in total. The van der Waals surface area contributed by atoms with E-state index < -0.39 is 58.1 Å². The van der Waals surface area contributed by atoms with Gasteiger partial charge in [0.05, 0.1) is 0 Å². The Morgan fingerprint density at radius 3 is 1.24 bits per heavy atom. The summed E-state index contributed by atoms with van der Waals surface area (Å²) in [6, 6.07) is 0. The van der Waals surface area contributed by atoms with Crippen molar-refractivity contribution in [2.75, 3.05) is 0 Å². The first-order valence-electron chi connectivity index (χ1n) is 5.38. The third kappa shape index (κ3) is 3.90. The molecule has 0 fully saturated rings. The zero-order chi connectivity index (χ0) is 20.9. The van der Waals surface area contributed by atoms with Crippen molar-refractivity contribution in [2.45, 2.75) is 48.0 Å². The molecular formula is C8H5F13O3S. The highest BCUT2D eigenvalue weighted by atomic mass is 32.2. The minimum atomic E-state index is -7.88. The van der Waals surface area contributed by atoms with Gasteiger partial charge in [0.2, 0.25) is 0 Å². The van der Waals surface area contributed by atoms with Crippen molar-refractivity contribution in [3.63, 3.8) is 0 Å². The van der Waals surface area contributed by atoms with Crippen LogP contribution < -0.4 is 0 Å². The summed E-state index contributed by atoms with van der Waals surface area (Å²) in [4.78, 5) is 0. The summed E-state index contributed by atoms with van der Waals surface area (Å²) in [7, 11) is -7.51. The molecule has 0 spiro atoms. The molecule has 0 aliphatic carbocycles. The van der Waals surface area contributed by atoms with Gasteiger partial charge in [0.1, 0.15) is 0 Å². The second kappa shape index (κ2) is 6.02. The largest absolute Gasteiger partial charge is 0.438 e. The van der Waals surface area contributed by atoms with Crippen LogP contribution in [-0.4, -0.2) is 48.1 Å². The minimum absolute atomic E-state index is 2.88. The second-order valence-electron chi connectivity index (χ2n) is 4.53. The summed E-state index contributed by atoms with van der Waals surface area (Å²) in [5, 5.41) is -7.37. The highest BCUT2D eigenvalue weighted by molar-refractivity contribution is 7.87. The number of hydrogen-bond donors (Lipinski definition) is 1. The van der Waals surface area contributed by atoms with Gasteiger partial charge in [-0.05, 0) is 0 Å². The molecule has 0 unspecified atom stereocenters. The van der Waals surface area contributed by atoms with Crippen molar-refractivity contribution < 1.29 is 70.0 Å². The molecule has 0 amide bonds. The van der Waals surface area contributed by atoms with Crippen molar-refractivity contribution >= 4 is 10.1 Å². The van der Waals surface area contributed by atoms with Crippen molar-refractivity contribution in [2.24, 2.45) is 0 Å². The van der Waals surface area contributed by atoms with Crippen molar-refractivity contribution in [1.82, 2.24) is 0 Å². The van der Waals surface area contributed by atoms with Crippen molar-refractivity contribution in [3.05, 3.63) is 0 Å². The molecule has 152 valence electrons. The van der Waals surface area contributed by atoms with E-state index in [-0.39, 0.29) is 0 Å². The predicted octanol–water partition coefficient (Wildman–Crippen LogP) is 4.35.